The highest BCUT2D eigenvalue weighted by Crippen LogP contribution is 2.39. The summed E-state index contributed by atoms with van der Waals surface area (Å²) in [4.78, 5) is 1.56. The first-order chi connectivity index (χ1) is 6.80. The molecule has 0 aliphatic carbocycles. The fourth-order valence-corrected chi connectivity index (χ4v) is 3.65. The molecule has 1 spiro atoms. The zero-order valence-corrected chi connectivity index (χ0v) is 9.19. The number of hydrogen-bond acceptors (Lipinski definition) is 3. The summed E-state index contributed by atoms with van der Waals surface area (Å²) in [6.45, 7) is 4.11. The second-order valence-electron chi connectivity index (χ2n) is 4.34. The summed E-state index contributed by atoms with van der Waals surface area (Å²) < 4.78 is 5.71. The molecule has 1 saturated heterocycles. The Bertz CT molecular complexity index is 349. The van der Waals surface area contributed by atoms with E-state index in [-0.39, 0.29) is 5.54 Å². The first-order valence-corrected chi connectivity index (χ1v) is 6.12. The molecule has 2 atom stereocenters. The molecule has 1 fully saturated rings. The zero-order valence-electron chi connectivity index (χ0n) is 8.38. The molecule has 3 heteroatoms. The molecule has 3 rings (SSSR count). The highest BCUT2D eigenvalue weighted by atomic mass is 32.1. The second kappa shape index (κ2) is 3.05. The molecule has 2 nitrogen and oxygen atoms in total. The van der Waals surface area contributed by atoms with Crippen LogP contribution >= 0.6 is 11.3 Å². The maximum atomic E-state index is 5.71. The molecule has 2 aliphatic rings. The minimum Gasteiger partial charge on any atom is -0.376 e. The molecule has 76 valence electrons. The summed E-state index contributed by atoms with van der Waals surface area (Å²) in [6, 6.07) is 2.27. The van der Waals surface area contributed by atoms with E-state index in [1.165, 1.54) is 12.0 Å². The van der Waals surface area contributed by atoms with Crippen LogP contribution in [0.5, 0.6) is 0 Å². The Hall–Kier alpha value is -0.380. The first kappa shape index (κ1) is 8.89. The minimum absolute atomic E-state index is 0.146. The summed E-state index contributed by atoms with van der Waals surface area (Å²) in [5, 5.41) is 5.86. The molecular formula is C11H15NOS. The Morgan fingerprint density at radius 1 is 1.64 bits per heavy atom. The van der Waals surface area contributed by atoms with Gasteiger partial charge in [-0.3, -0.25) is 0 Å². The van der Waals surface area contributed by atoms with Gasteiger partial charge in [0.2, 0.25) is 0 Å². The van der Waals surface area contributed by atoms with Crippen molar-refractivity contribution in [1.82, 2.24) is 5.32 Å². The van der Waals surface area contributed by atoms with Gasteiger partial charge < -0.3 is 10.1 Å². The van der Waals surface area contributed by atoms with E-state index in [1.54, 1.807) is 4.88 Å². The summed E-state index contributed by atoms with van der Waals surface area (Å²) in [5.41, 5.74) is 1.64. The molecule has 3 heterocycles. The third-order valence-corrected chi connectivity index (χ3v) is 4.31. The van der Waals surface area contributed by atoms with Gasteiger partial charge in [0.1, 0.15) is 0 Å². The molecule has 0 amide bonds. The Balaban J connectivity index is 2.03. The van der Waals surface area contributed by atoms with Crippen molar-refractivity contribution in [2.75, 3.05) is 13.2 Å². The molecule has 2 unspecified atom stereocenters. The molecule has 1 aromatic rings. The highest BCUT2D eigenvalue weighted by molar-refractivity contribution is 7.10. The lowest BCUT2D eigenvalue weighted by Crippen LogP contribution is -2.47. The van der Waals surface area contributed by atoms with Gasteiger partial charge in [-0.25, -0.2) is 0 Å². The molecular weight excluding hydrogens is 194 g/mol. The smallest absolute Gasteiger partial charge is 0.0707 e. The van der Waals surface area contributed by atoms with E-state index in [1.807, 2.05) is 11.3 Å². The van der Waals surface area contributed by atoms with Crippen LogP contribution in [-0.4, -0.2) is 19.3 Å². The van der Waals surface area contributed by atoms with E-state index in [0.29, 0.717) is 6.10 Å². The van der Waals surface area contributed by atoms with Gasteiger partial charge in [0.05, 0.1) is 18.2 Å². The number of hydrogen-bond donors (Lipinski definition) is 1. The van der Waals surface area contributed by atoms with Crippen molar-refractivity contribution in [3.05, 3.63) is 21.9 Å². The molecule has 14 heavy (non-hydrogen) atoms. The molecule has 0 radical (unpaired) electrons. The SMILES string of the molecule is CC1CC2(CO1)NCCc1sccc12. The Morgan fingerprint density at radius 3 is 3.36 bits per heavy atom. The molecule has 2 aliphatic heterocycles. The minimum atomic E-state index is 0.146. The molecule has 0 saturated carbocycles. The van der Waals surface area contributed by atoms with Gasteiger partial charge in [0, 0.05) is 11.4 Å². The lowest BCUT2D eigenvalue weighted by atomic mass is 9.85. The van der Waals surface area contributed by atoms with Gasteiger partial charge in [-0.15, -0.1) is 11.3 Å². The lowest BCUT2D eigenvalue weighted by Gasteiger charge is -2.33. The number of thiophene rings is 1. The van der Waals surface area contributed by atoms with Crippen LogP contribution < -0.4 is 5.32 Å². The summed E-state index contributed by atoms with van der Waals surface area (Å²) >= 11 is 1.89. The summed E-state index contributed by atoms with van der Waals surface area (Å²) in [5.74, 6) is 0. The van der Waals surface area contributed by atoms with Crippen molar-refractivity contribution in [2.45, 2.75) is 31.4 Å². The van der Waals surface area contributed by atoms with Crippen molar-refractivity contribution in [3.8, 4) is 0 Å². The van der Waals surface area contributed by atoms with E-state index in [9.17, 15) is 0 Å². The van der Waals surface area contributed by atoms with Crippen LogP contribution in [0.3, 0.4) is 0 Å². The van der Waals surface area contributed by atoms with Crippen LogP contribution in [0.2, 0.25) is 0 Å². The van der Waals surface area contributed by atoms with Crippen LogP contribution in [0.4, 0.5) is 0 Å². The third kappa shape index (κ3) is 1.16. The maximum absolute atomic E-state index is 5.71. The van der Waals surface area contributed by atoms with Crippen molar-refractivity contribution in [1.29, 1.82) is 0 Å². The predicted octanol–water partition coefficient (Wildman–Crippen LogP) is 1.90. The van der Waals surface area contributed by atoms with E-state index >= 15 is 0 Å². The van der Waals surface area contributed by atoms with E-state index in [0.717, 1.165) is 19.6 Å². The van der Waals surface area contributed by atoms with Crippen molar-refractivity contribution in [2.24, 2.45) is 0 Å². The van der Waals surface area contributed by atoms with Gasteiger partial charge in [0.25, 0.3) is 0 Å². The largest absolute Gasteiger partial charge is 0.376 e. The average Bonchev–Trinajstić information content (AvgIpc) is 2.75. The number of nitrogens with one attached hydrogen (secondary N) is 1. The lowest BCUT2D eigenvalue weighted by molar-refractivity contribution is 0.111. The Morgan fingerprint density at radius 2 is 2.57 bits per heavy atom. The van der Waals surface area contributed by atoms with Crippen molar-refractivity contribution >= 4 is 11.3 Å². The Labute approximate surface area is 88.3 Å². The molecule has 1 aromatic heterocycles. The topological polar surface area (TPSA) is 21.3 Å². The van der Waals surface area contributed by atoms with Crippen molar-refractivity contribution < 1.29 is 4.74 Å². The zero-order chi connectivity index (χ0) is 9.60. The molecule has 0 aromatic carbocycles. The third-order valence-electron chi connectivity index (χ3n) is 3.33. The highest BCUT2D eigenvalue weighted by Gasteiger charge is 2.43. The van der Waals surface area contributed by atoms with Crippen LogP contribution in [0.1, 0.15) is 23.8 Å². The summed E-state index contributed by atoms with van der Waals surface area (Å²) in [7, 11) is 0. The summed E-state index contributed by atoms with van der Waals surface area (Å²) in [6.07, 6.45) is 2.70. The predicted molar refractivity (Wildman–Crippen MR) is 57.7 cm³/mol. The van der Waals surface area contributed by atoms with E-state index in [2.05, 4.69) is 23.7 Å². The standard InChI is InChI=1S/C11H15NOS/c1-8-6-11(7-13-8)9-3-5-14-10(9)2-4-12-11/h3,5,8,12H,2,4,6-7H2,1H3. The number of rotatable bonds is 0. The van der Waals surface area contributed by atoms with Crippen LogP contribution in [0.25, 0.3) is 0 Å². The van der Waals surface area contributed by atoms with Gasteiger partial charge in [-0.1, -0.05) is 0 Å². The normalized spacial score (nSPS) is 36.2. The van der Waals surface area contributed by atoms with E-state index < -0.39 is 0 Å². The fourth-order valence-electron chi connectivity index (χ4n) is 2.68. The second-order valence-corrected chi connectivity index (χ2v) is 5.34. The van der Waals surface area contributed by atoms with Gasteiger partial charge in [-0.05, 0) is 36.8 Å². The van der Waals surface area contributed by atoms with Crippen LogP contribution in [0, 0.1) is 0 Å². The molecule has 1 N–H and O–H groups in total. The van der Waals surface area contributed by atoms with Gasteiger partial charge in [-0.2, -0.15) is 0 Å². The number of fused-ring (bicyclic) bond motifs is 2. The monoisotopic (exact) mass is 209 g/mol. The molecule has 0 bridgehead atoms. The van der Waals surface area contributed by atoms with Gasteiger partial charge >= 0.3 is 0 Å². The quantitative estimate of drug-likeness (QED) is 0.704. The van der Waals surface area contributed by atoms with Gasteiger partial charge in [0.15, 0.2) is 0 Å². The maximum Gasteiger partial charge on any atom is 0.0707 e. The fraction of sp³-hybridized carbons (Fsp3) is 0.636. The first-order valence-electron chi connectivity index (χ1n) is 5.24. The van der Waals surface area contributed by atoms with Crippen LogP contribution in [0.15, 0.2) is 11.4 Å². The van der Waals surface area contributed by atoms with Crippen molar-refractivity contribution in [3.63, 3.8) is 0 Å². The van der Waals surface area contributed by atoms with E-state index in [4.69, 9.17) is 4.74 Å². The number of ether oxygens (including phenoxy) is 1. The average molecular weight is 209 g/mol. The Kier molecular flexibility index (Phi) is 1.94. The van der Waals surface area contributed by atoms with Crippen LogP contribution in [-0.2, 0) is 16.7 Å².